The Morgan fingerprint density at radius 1 is 0.976 bits per heavy atom. The standard InChI is InChI=1S/C30H43N5O6/c31-23(19-25(37)38)26(39)29(16-10-6-11-17-29)21-30(27(40)41,20-22-13-7-5-8-14-22)35-24(36)15-9-3-1-2-4-12-18-34-28(32)33/h5-8,10-11,13-14,16,23H,1-4,9,12,15,17-21,31H2,(H,35,36)(H,37,38)(H,40,41)(H4,32,33,34)/t23-,29?,30-/m0/s1. The van der Waals surface area contributed by atoms with Gasteiger partial charge in [-0.1, -0.05) is 80.3 Å². The van der Waals surface area contributed by atoms with Crippen molar-refractivity contribution in [2.45, 2.75) is 82.2 Å². The highest BCUT2D eigenvalue weighted by atomic mass is 16.4. The lowest BCUT2D eigenvalue weighted by molar-refractivity contribution is -0.150. The molecular weight excluding hydrogens is 526 g/mol. The van der Waals surface area contributed by atoms with Gasteiger partial charge in [0.25, 0.3) is 0 Å². The van der Waals surface area contributed by atoms with Gasteiger partial charge in [-0.05, 0) is 31.2 Å². The fraction of sp³-hybridized carbons (Fsp3) is 0.500. The maximum absolute atomic E-state index is 13.6. The zero-order valence-corrected chi connectivity index (χ0v) is 23.5. The van der Waals surface area contributed by atoms with Gasteiger partial charge in [0.2, 0.25) is 5.91 Å². The van der Waals surface area contributed by atoms with E-state index in [1.165, 1.54) is 0 Å². The first-order valence-corrected chi connectivity index (χ1v) is 14.0. The van der Waals surface area contributed by atoms with E-state index in [4.69, 9.17) is 17.2 Å². The fourth-order valence-electron chi connectivity index (χ4n) is 5.20. The molecular formula is C30H43N5O6. The van der Waals surface area contributed by atoms with Gasteiger partial charge < -0.3 is 32.7 Å². The smallest absolute Gasteiger partial charge is 0.329 e. The maximum atomic E-state index is 13.6. The molecule has 0 radical (unpaired) electrons. The molecule has 0 saturated heterocycles. The highest BCUT2D eigenvalue weighted by molar-refractivity contribution is 5.96. The number of ketones is 1. The number of carboxylic acid groups (broad SMARTS) is 2. The average molecular weight is 570 g/mol. The van der Waals surface area contributed by atoms with Crippen molar-refractivity contribution in [2.75, 3.05) is 6.54 Å². The summed E-state index contributed by atoms with van der Waals surface area (Å²) in [5.41, 5.74) is 14.1. The predicted molar refractivity (Wildman–Crippen MR) is 157 cm³/mol. The van der Waals surface area contributed by atoms with Gasteiger partial charge in [-0.15, -0.1) is 0 Å². The lowest BCUT2D eigenvalue weighted by atomic mass is 9.66. The van der Waals surface area contributed by atoms with Crippen molar-refractivity contribution < 1.29 is 29.4 Å². The Morgan fingerprint density at radius 3 is 2.22 bits per heavy atom. The Bertz CT molecular complexity index is 1130. The molecule has 1 aliphatic rings. The normalized spacial score (nSPS) is 18.2. The van der Waals surface area contributed by atoms with Crippen LogP contribution in [0.15, 0.2) is 59.6 Å². The lowest BCUT2D eigenvalue weighted by Crippen LogP contribution is -2.60. The predicted octanol–water partition coefficient (Wildman–Crippen LogP) is 2.44. The molecule has 11 nitrogen and oxygen atoms in total. The van der Waals surface area contributed by atoms with E-state index in [0.717, 1.165) is 32.1 Å². The number of carbonyl (C=O) groups excluding carboxylic acids is 2. The average Bonchev–Trinajstić information content (AvgIpc) is 2.92. The summed E-state index contributed by atoms with van der Waals surface area (Å²) in [6.45, 7) is 0.583. The Balaban J connectivity index is 2.19. The first-order chi connectivity index (χ1) is 19.5. The van der Waals surface area contributed by atoms with E-state index in [-0.39, 0.29) is 31.6 Å². The van der Waals surface area contributed by atoms with Crippen LogP contribution >= 0.6 is 0 Å². The molecule has 0 heterocycles. The van der Waals surface area contributed by atoms with Gasteiger partial charge in [0, 0.05) is 19.4 Å². The van der Waals surface area contributed by atoms with Gasteiger partial charge in [-0.25, -0.2) is 4.79 Å². The molecule has 9 N–H and O–H groups in total. The number of hydrogen-bond acceptors (Lipinski definition) is 6. The van der Waals surface area contributed by atoms with Gasteiger partial charge >= 0.3 is 11.9 Å². The molecule has 0 aliphatic heterocycles. The SMILES string of the molecule is NC(N)=NCCCCCCCCC(=O)N[C@@](Cc1ccccc1)(CC1(C(=O)[C@@H](N)CC(=O)O)C=CC=CC1)C(=O)O. The highest BCUT2D eigenvalue weighted by Crippen LogP contribution is 2.40. The number of rotatable bonds is 19. The molecule has 1 unspecified atom stereocenters. The molecule has 1 aromatic rings. The number of nitrogens with two attached hydrogens (primary N) is 3. The number of amides is 1. The van der Waals surface area contributed by atoms with Crippen LogP contribution in [0.25, 0.3) is 0 Å². The summed E-state index contributed by atoms with van der Waals surface area (Å²) >= 11 is 0. The van der Waals surface area contributed by atoms with Crippen LogP contribution in [0.3, 0.4) is 0 Å². The lowest BCUT2D eigenvalue weighted by Gasteiger charge is -2.40. The second-order valence-electron chi connectivity index (χ2n) is 10.7. The monoisotopic (exact) mass is 569 g/mol. The molecule has 0 aromatic heterocycles. The molecule has 3 atom stereocenters. The van der Waals surface area contributed by atoms with Crippen LogP contribution < -0.4 is 22.5 Å². The number of Topliss-reactive ketones (excluding diaryl/α,β-unsaturated/α-hetero) is 1. The van der Waals surface area contributed by atoms with Crippen molar-refractivity contribution >= 4 is 29.6 Å². The van der Waals surface area contributed by atoms with Crippen molar-refractivity contribution in [2.24, 2.45) is 27.6 Å². The minimum Gasteiger partial charge on any atom is -0.481 e. The van der Waals surface area contributed by atoms with E-state index >= 15 is 0 Å². The number of nitrogens with zero attached hydrogens (tertiary/aromatic N) is 1. The Hall–Kier alpha value is -3.99. The number of unbranched alkanes of at least 4 members (excludes halogenated alkanes) is 5. The minimum absolute atomic E-state index is 0.0640. The number of benzene rings is 1. The number of aliphatic imine (C=N–C) groups is 1. The summed E-state index contributed by atoms with van der Waals surface area (Å²) in [5, 5.41) is 22.6. The van der Waals surface area contributed by atoms with Crippen LogP contribution in [0.1, 0.15) is 69.8 Å². The zero-order chi connectivity index (χ0) is 30.3. The first kappa shape index (κ1) is 33.2. The summed E-state index contributed by atoms with van der Waals surface area (Å²) < 4.78 is 0. The number of guanidine groups is 1. The van der Waals surface area contributed by atoms with Crippen LogP contribution in [-0.4, -0.2) is 57.9 Å². The Labute approximate surface area is 241 Å². The second kappa shape index (κ2) is 16.3. The van der Waals surface area contributed by atoms with Gasteiger partial charge in [0.15, 0.2) is 11.7 Å². The summed E-state index contributed by atoms with van der Waals surface area (Å²) in [6, 6.07) is 7.54. The van der Waals surface area contributed by atoms with E-state index in [0.29, 0.717) is 18.5 Å². The van der Waals surface area contributed by atoms with Gasteiger partial charge in [-0.2, -0.15) is 0 Å². The van der Waals surface area contributed by atoms with E-state index in [2.05, 4.69) is 10.3 Å². The number of aliphatic carboxylic acids is 2. The molecule has 41 heavy (non-hydrogen) atoms. The van der Waals surface area contributed by atoms with E-state index in [9.17, 15) is 29.4 Å². The third-order valence-electron chi connectivity index (χ3n) is 7.23. The van der Waals surface area contributed by atoms with Crippen LogP contribution in [0, 0.1) is 5.41 Å². The maximum Gasteiger partial charge on any atom is 0.329 e. The fourth-order valence-corrected chi connectivity index (χ4v) is 5.20. The van der Waals surface area contributed by atoms with Crippen molar-refractivity contribution in [3.05, 3.63) is 60.2 Å². The molecule has 0 bridgehead atoms. The van der Waals surface area contributed by atoms with Crippen molar-refractivity contribution in [3.8, 4) is 0 Å². The molecule has 224 valence electrons. The van der Waals surface area contributed by atoms with Crippen molar-refractivity contribution in [3.63, 3.8) is 0 Å². The Morgan fingerprint density at radius 2 is 1.63 bits per heavy atom. The molecule has 0 saturated carbocycles. The Kier molecular flexibility index (Phi) is 13.2. The minimum atomic E-state index is -1.84. The van der Waals surface area contributed by atoms with Crippen LogP contribution in [0.2, 0.25) is 0 Å². The van der Waals surface area contributed by atoms with Crippen LogP contribution in [-0.2, 0) is 25.6 Å². The molecule has 1 aliphatic carbocycles. The van der Waals surface area contributed by atoms with E-state index in [1.807, 2.05) is 0 Å². The summed E-state index contributed by atoms with van der Waals surface area (Å²) in [4.78, 5) is 54.9. The molecule has 1 amide bonds. The quantitative estimate of drug-likeness (QED) is 0.0819. The third-order valence-corrected chi connectivity index (χ3v) is 7.23. The van der Waals surface area contributed by atoms with Gasteiger partial charge in [0.05, 0.1) is 17.9 Å². The van der Waals surface area contributed by atoms with Crippen molar-refractivity contribution in [1.82, 2.24) is 5.32 Å². The third kappa shape index (κ3) is 10.8. The largest absolute Gasteiger partial charge is 0.481 e. The number of allylic oxidation sites excluding steroid dienone is 4. The van der Waals surface area contributed by atoms with Crippen molar-refractivity contribution in [1.29, 1.82) is 0 Å². The molecule has 0 spiro atoms. The first-order valence-electron chi connectivity index (χ1n) is 14.0. The number of nitrogens with one attached hydrogen (secondary N) is 1. The van der Waals surface area contributed by atoms with Gasteiger partial charge in [0.1, 0.15) is 5.54 Å². The zero-order valence-electron chi connectivity index (χ0n) is 23.5. The summed E-state index contributed by atoms with van der Waals surface area (Å²) in [5.74, 6) is -3.43. The number of carboxylic acids is 2. The molecule has 11 heteroatoms. The number of hydrogen-bond donors (Lipinski definition) is 6. The second-order valence-corrected chi connectivity index (χ2v) is 10.7. The summed E-state index contributed by atoms with van der Waals surface area (Å²) in [6.07, 6.45) is 11.1. The number of carbonyl (C=O) groups is 4. The molecule has 1 aromatic carbocycles. The summed E-state index contributed by atoms with van der Waals surface area (Å²) in [7, 11) is 0. The van der Waals surface area contributed by atoms with Crippen LogP contribution in [0.5, 0.6) is 0 Å². The highest BCUT2D eigenvalue weighted by Gasteiger charge is 2.50. The topological polar surface area (TPSA) is 211 Å². The van der Waals surface area contributed by atoms with E-state index < -0.39 is 47.0 Å². The van der Waals surface area contributed by atoms with Gasteiger partial charge in [-0.3, -0.25) is 19.4 Å². The van der Waals surface area contributed by atoms with Crippen LogP contribution in [0.4, 0.5) is 0 Å². The molecule has 2 rings (SSSR count). The van der Waals surface area contributed by atoms with E-state index in [1.54, 1.807) is 54.6 Å². The molecule has 0 fully saturated rings.